The highest BCUT2D eigenvalue weighted by Crippen LogP contribution is 2.22. The Labute approximate surface area is 167 Å². The fraction of sp³-hybridized carbons (Fsp3) is 0.182. The Morgan fingerprint density at radius 1 is 1.07 bits per heavy atom. The molecule has 142 valence electrons. The van der Waals surface area contributed by atoms with Crippen molar-refractivity contribution in [1.82, 2.24) is 20.6 Å². The number of urea groups is 1. The van der Waals surface area contributed by atoms with Crippen LogP contribution in [-0.2, 0) is 13.0 Å². The summed E-state index contributed by atoms with van der Waals surface area (Å²) in [4.78, 5) is 20.1. The topological polar surface area (TPSA) is 69.8 Å². The van der Waals surface area contributed by atoms with Crippen molar-refractivity contribution < 1.29 is 4.79 Å². The van der Waals surface area contributed by atoms with Crippen molar-refractivity contribution in [3.8, 4) is 11.3 Å². The van der Waals surface area contributed by atoms with Gasteiger partial charge in [0.15, 0.2) is 0 Å². The third kappa shape index (κ3) is 4.07. The molecule has 2 heterocycles. The van der Waals surface area contributed by atoms with Crippen LogP contribution in [0.4, 0.5) is 4.79 Å². The molecule has 0 aliphatic carbocycles. The summed E-state index contributed by atoms with van der Waals surface area (Å²) in [6.07, 6.45) is 0.790. The number of benzene rings is 2. The zero-order valence-electron chi connectivity index (χ0n) is 15.7. The molecule has 0 saturated carbocycles. The number of hydrogen-bond acceptors (Lipinski definition) is 3. The van der Waals surface area contributed by atoms with Crippen LogP contribution in [0.25, 0.3) is 22.2 Å². The summed E-state index contributed by atoms with van der Waals surface area (Å²) in [6.45, 7) is 3.08. The van der Waals surface area contributed by atoms with E-state index in [4.69, 9.17) is 0 Å². The molecule has 2 aromatic carbocycles. The maximum atomic E-state index is 12.1. The summed E-state index contributed by atoms with van der Waals surface area (Å²) >= 11 is 1.55. The Bertz CT molecular complexity index is 1080. The van der Waals surface area contributed by atoms with Crippen molar-refractivity contribution in [2.24, 2.45) is 0 Å². The summed E-state index contributed by atoms with van der Waals surface area (Å²) in [5.41, 5.74) is 5.57. The molecule has 0 unspecified atom stereocenters. The molecule has 3 N–H and O–H groups in total. The molecule has 0 aliphatic rings. The summed E-state index contributed by atoms with van der Waals surface area (Å²) in [5.74, 6) is 0. The second-order valence-electron chi connectivity index (χ2n) is 6.63. The minimum absolute atomic E-state index is 0.172. The van der Waals surface area contributed by atoms with Crippen LogP contribution in [0.2, 0.25) is 0 Å². The van der Waals surface area contributed by atoms with Gasteiger partial charge in [-0.15, -0.1) is 11.3 Å². The molecule has 6 heteroatoms. The van der Waals surface area contributed by atoms with Crippen LogP contribution in [0.1, 0.15) is 16.3 Å². The van der Waals surface area contributed by atoms with E-state index < -0.39 is 0 Å². The summed E-state index contributed by atoms with van der Waals surface area (Å²) in [5, 5.41) is 9.95. The third-order valence-corrected chi connectivity index (χ3v) is 5.56. The second-order valence-corrected chi connectivity index (χ2v) is 7.57. The number of carbonyl (C=O) groups excluding carboxylic acids is 1. The molecule has 4 aromatic rings. The van der Waals surface area contributed by atoms with Gasteiger partial charge >= 0.3 is 6.03 Å². The van der Waals surface area contributed by atoms with Crippen molar-refractivity contribution in [2.45, 2.75) is 19.9 Å². The number of aromatic amines is 1. The Hall–Kier alpha value is -3.12. The number of hydrogen-bond donors (Lipinski definition) is 3. The number of aromatic nitrogens is 2. The Morgan fingerprint density at radius 3 is 2.71 bits per heavy atom. The molecule has 4 rings (SSSR count). The van der Waals surface area contributed by atoms with E-state index in [9.17, 15) is 4.79 Å². The minimum Gasteiger partial charge on any atom is -0.358 e. The van der Waals surface area contributed by atoms with Gasteiger partial charge in [0.25, 0.3) is 0 Å². The van der Waals surface area contributed by atoms with Gasteiger partial charge in [-0.1, -0.05) is 48.5 Å². The molecule has 0 spiro atoms. The summed E-state index contributed by atoms with van der Waals surface area (Å²) in [7, 11) is 0. The minimum atomic E-state index is -0.172. The maximum Gasteiger partial charge on any atom is 0.315 e. The van der Waals surface area contributed by atoms with E-state index in [1.54, 1.807) is 11.3 Å². The Morgan fingerprint density at radius 2 is 1.86 bits per heavy atom. The number of nitrogens with one attached hydrogen (secondary N) is 3. The molecule has 0 aliphatic heterocycles. The Kier molecular flexibility index (Phi) is 5.39. The van der Waals surface area contributed by atoms with Gasteiger partial charge < -0.3 is 15.6 Å². The summed E-state index contributed by atoms with van der Waals surface area (Å²) in [6, 6.07) is 18.1. The normalized spacial score (nSPS) is 10.9. The SMILES string of the molecule is Cc1[nH]c2ccccc2c1CCNC(=O)NCc1nc(-c2ccccc2)cs1. The first-order valence-corrected chi connectivity index (χ1v) is 10.2. The van der Waals surface area contributed by atoms with Gasteiger partial charge in [0, 0.05) is 34.1 Å². The predicted octanol–water partition coefficient (Wildman–Crippen LogP) is 4.64. The summed E-state index contributed by atoms with van der Waals surface area (Å²) < 4.78 is 0. The van der Waals surface area contributed by atoms with E-state index in [1.807, 2.05) is 47.8 Å². The number of rotatable bonds is 6. The number of H-pyrrole nitrogens is 1. The molecule has 2 aromatic heterocycles. The molecule has 0 atom stereocenters. The molecule has 28 heavy (non-hydrogen) atoms. The van der Waals surface area contributed by atoms with E-state index in [-0.39, 0.29) is 6.03 Å². The molecule has 2 amide bonds. The first kappa shape index (κ1) is 18.3. The lowest BCUT2D eigenvalue weighted by atomic mass is 10.1. The highest BCUT2D eigenvalue weighted by Gasteiger charge is 2.09. The molecule has 0 bridgehead atoms. The van der Waals surface area contributed by atoms with Crippen LogP contribution in [0.3, 0.4) is 0 Å². The van der Waals surface area contributed by atoms with E-state index in [0.717, 1.165) is 33.9 Å². The van der Waals surface area contributed by atoms with Gasteiger partial charge in [-0.3, -0.25) is 0 Å². The van der Waals surface area contributed by atoms with Crippen LogP contribution in [0, 0.1) is 6.92 Å². The molecular weight excluding hydrogens is 368 g/mol. The number of aryl methyl sites for hydroxylation is 1. The quantitative estimate of drug-likeness (QED) is 0.449. The number of amides is 2. The first-order chi connectivity index (χ1) is 13.7. The predicted molar refractivity (Wildman–Crippen MR) is 115 cm³/mol. The van der Waals surface area contributed by atoms with Crippen molar-refractivity contribution in [3.63, 3.8) is 0 Å². The first-order valence-electron chi connectivity index (χ1n) is 9.28. The van der Waals surface area contributed by atoms with E-state index in [2.05, 4.69) is 39.7 Å². The number of carbonyl (C=O) groups is 1. The van der Waals surface area contributed by atoms with Crippen molar-refractivity contribution in [2.75, 3.05) is 6.54 Å². The largest absolute Gasteiger partial charge is 0.358 e. The van der Waals surface area contributed by atoms with E-state index in [1.165, 1.54) is 10.9 Å². The smallest absolute Gasteiger partial charge is 0.315 e. The lowest BCUT2D eigenvalue weighted by Gasteiger charge is -2.07. The standard InChI is InChI=1S/C22H22N4OS/c1-15-17(18-9-5-6-10-19(18)25-15)11-12-23-22(27)24-13-21-26-20(14-28-21)16-7-3-2-4-8-16/h2-10,14,25H,11-13H2,1H3,(H2,23,24,27). The monoisotopic (exact) mass is 390 g/mol. The number of fused-ring (bicyclic) bond motifs is 1. The lowest BCUT2D eigenvalue weighted by Crippen LogP contribution is -2.36. The van der Waals surface area contributed by atoms with Crippen molar-refractivity contribution in [3.05, 3.63) is 76.2 Å². The molecule has 0 saturated heterocycles. The molecule has 0 radical (unpaired) electrons. The second kappa shape index (κ2) is 8.27. The average Bonchev–Trinajstić information content (AvgIpc) is 3.32. The van der Waals surface area contributed by atoms with Gasteiger partial charge in [-0.05, 0) is 25.0 Å². The Balaban J connectivity index is 1.27. The van der Waals surface area contributed by atoms with E-state index in [0.29, 0.717) is 13.1 Å². The van der Waals surface area contributed by atoms with Gasteiger partial charge in [0.2, 0.25) is 0 Å². The maximum absolute atomic E-state index is 12.1. The highest BCUT2D eigenvalue weighted by molar-refractivity contribution is 7.09. The van der Waals surface area contributed by atoms with Gasteiger partial charge in [0.05, 0.1) is 12.2 Å². The number of para-hydroxylation sites is 1. The molecule has 5 nitrogen and oxygen atoms in total. The van der Waals surface area contributed by atoms with Crippen LogP contribution in [0.5, 0.6) is 0 Å². The fourth-order valence-corrected chi connectivity index (χ4v) is 4.05. The number of nitrogens with zero attached hydrogens (tertiary/aromatic N) is 1. The van der Waals surface area contributed by atoms with Gasteiger partial charge in [0.1, 0.15) is 5.01 Å². The zero-order valence-corrected chi connectivity index (χ0v) is 16.5. The molecular formula is C22H22N4OS. The van der Waals surface area contributed by atoms with Gasteiger partial charge in [-0.25, -0.2) is 9.78 Å². The highest BCUT2D eigenvalue weighted by atomic mass is 32.1. The zero-order chi connectivity index (χ0) is 19.3. The van der Waals surface area contributed by atoms with E-state index >= 15 is 0 Å². The third-order valence-electron chi connectivity index (χ3n) is 4.71. The van der Waals surface area contributed by atoms with Crippen LogP contribution >= 0.6 is 11.3 Å². The van der Waals surface area contributed by atoms with Crippen LogP contribution < -0.4 is 10.6 Å². The van der Waals surface area contributed by atoms with Crippen LogP contribution in [0.15, 0.2) is 60.0 Å². The lowest BCUT2D eigenvalue weighted by molar-refractivity contribution is 0.240. The van der Waals surface area contributed by atoms with Crippen molar-refractivity contribution >= 4 is 28.3 Å². The van der Waals surface area contributed by atoms with Crippen molar-refractivity contribution in [1.29, 1.82) is 0 Å². The van der Waals surface area contributed by atoms with Crippen LogP contribution in [-0.4, -0.2) is 22.5 Å². The fourth-order valence-electron chi connectivity index (χ4n) is 3.31. The number of thiazole rings is 1. The van der Waals surface area contributed by atoms with Gasteiger partial charge in [-0.2, -0.15) is 0 Å². The average molecular weight is 391 g/mol. The molecule has 0 fully saturated rings.